The average molecular weight is 246 g/mol. The van der Waals surface area contributed by atoms with Gasteiger partial charge in [0.15, 0.2) is 0 Å². The van der Waals surface area contributed by atoms with E-state index in [1.807, 2.05) is 31.2 Å². The first-order valence-corrected chi connectivity index (χ1v) is 6.23. The van der Waals surface area contributed by atoms with Crippen LogP contribution in [0.2, 0.25) is 0 Å². The maximum Gasteiger partial charge on any atom is 0.224 e. The average Bonchev–Trinajstić information content (AvgIpc) is 2.35. The molecule has 2 rings (SSSR count). The van der Waals surface area contributed by atoms with Crippen LogP contribution in [0.3, 0.4) is 0 Å². The van der Waals surface area contributed by atoms with Crippen LogP contribution < -0.4 is 9.80 Å². The van der Waals surface area contributed by atoms with Crippen molar-refractivity contribution in [3.05, 3.63) is 24.3 Å². The van der Waals surface area contributed by atoms with Crippen LogP contribution >= 0.6 is 0 Å². The maximum absolute atomic E-state index is 11.8. The van der Waals surface area contributed by atoms with Gasteiger partial charge < -0.3 is 9.80 Å². The molecule has 0 unspecified atom stereocenters. The summed E-state index contributed by atoms with van der Waals surface area (Å²) in [4.78, 5) is 27.1. The molecule has 0 aromatic heterocycles. The summed E-state index contributed by atoms with van der Waals surface area (Å²) < 4.78 is 0. The topological polar surface area (TPSA) is 40.6 Å². The van der Waals surface area contributed by atoms with E-state index in [1.165, 1.54) is 0 Å². The molecule has 4 nitrogen and oxygen atoms in total. The molecule has 4 heteroatoms. The van der Waals surface area contributed by atoms with Crippen LogP contribution in [0, 0.1) is 0 Å². The summed E-state index contributed by atoms with van der Waals surface area (Å²) in [6.07, 6.45) is 0.831. The zero-order valence-electron chi connectivity index (χ0n) is 11.0. The van der Waals surface area contributed by atoms with Crippen molar-refractivity contribution in [1.82, 2.24) is 0 Å². The van der Waals surface area contributed by atoms with Crippen LogP contribution in [-0.2, 0) is 9.59 Å². The van der Waals surface area contributed by atoms with Crippen molar-refractivity contribution in [3.8, 4) is 0 Å². The van der Waals surface area contributed by atoms with Gasteiger partial charge in [-0.1, -0.05) is 19.1 Å². The zero-order chi connectivity index (χ0) is 13.3. The van der Waals surface area contributed by atoms with Crippen LogP contribution in [-0.4, -0.2) is 24.4 Å². The van der Waals surface area contributed by atoms with E-state index in [4.69, 9.17) is 0 Å². The molecular weight excluding hydrogens is 228 g/mol. The van der Waals surface area contributed by atoms with Crippen LogP contribution in [0.1, 0.15) is 27.2 Å². The maximum atomic E-state index is 11.8. The third kappa shape index (κ3) is 1.98. The lowest BCUT2D eigenvalue weighted by molar-refractivity contribution is -0.118. The van der Waals surface area contributed by atoms with Gasteiger partial charge in [-0.2, -0.15) is 0 Å². The summed E-state index contributed by atoms with van der Waals surface area (Å²) in [7, 11) is 0. The van der Waals surface area contributed by atoms with Gasteiger partial charge in [-0.25, -0.2) is 0 Å². The third-order valence-electron chi connectivity index (χ3n) is 3.38. The summed E-state index contributed by atoms with van der Waals surface area (Å²) in [5.41, 5.74) is 1.66. The summed E-state index contributed by atoms with van der Waals surface area (Å²) in [5.74, 6) is 0.0432. The Morgan fingerprint density at radius 2 is 1.78 bits per heavy atom. The number of nitrogens with zero attached hydrogens (tertiary/aromatic N) is 2. The van der Waals surface area contributed by atoms with E-state index in [0.29, 0.717) is 6.54 Å². The number of carbonyl (C=O) groups is 2. The molecule has 1 atom stereocenters. The molecule has 0 fully saturated rings. The highest BCUT2D eigenvalue weighted by Crippen LogP contribution is 2.36. The van der Waals surface area contributed by atoms with Crippen LogP contribution in [0.15, 0.2) is 24.3 Å². The monoisotopic (exact) mass is 246 g/mol. The number of para-hydroxylation sites is 2. The lowest BCUT2D eigenvalue weighted by atomic mass is 10.0. The van der Waals surface area contributed by atoms with Crippen molar-refractivity contribution >= 4 is 23.2 Å². The molecule has 0 bridgehead atoms. The molecule has 1 aromatic carbocycles. The predicted molar refractivity (Wildman–Crippen MR) is 71.7 cm³/mol. The van der Waals surface area contributed by atoms with Gasteiger partial charge in [0, 0.05) is 20.4 Å². The Balaban J connectivity index is 2.54. The van der Waals surface area contributed by atoms with Crippen molar-refractivity contribution in [2.24, 2.45) is 0 Å². The van der Waals surface area contributed by atoms with Crippen LogP contribution in [0.25, 0.3) is 0 Å². The van der Waals surface area contributed by atoms with Crippen molar-refractivity contribution in [2.45, 2.75) is 33.2 Å². The molecule has 1 aliphatic rings. The predicted octanol–water partition coefficient (Wildman–Crippen LogP) is 2.18. The fourth-order valence-electron chi connectivity index (χ4n) is 2.52. The summed E-state index contributed by atoms with van der Waals surface area (Å²) in [5, 5.41) is 0. The van der Waals surface area contributed by atoms with E-state index in [1.54, 1.807) is 23.6 Å². The SMILES string of the molecule is CC[C@H]1CN(C(C)=O)c2ccccc2N1C(C)=O. The number of amides is 2. The van der Waals surface area contributed by atoms with Gasteiger partial charge in [-0.05, 0) is 18.6 Å². The smallest absolute Gasteiger partial charge is 0.224 e. The minimum atomic E-state index is 0.0177. The first-order valence-electron chi connectivity index (χ1n) is 6.23. The molecule has 96 valence electrons. The molecule has 1 aliphatic heterocycles. The molecule has 2 amide bonds. The Bertz CT molecular complexity index is 484. The van der Waals surface area contributed by atoms with E-state index in [-0.39, 0.29) is 17.9 Å². The quantitative estimate of drug-likeness (QED) is 0.762. The van der Waals surface area contributed by atoms with Crippen molar-refractivity contribution < 1.29 is 9.59 Å². The summed E-state index contributed by atoms with van der Waals surface area (Å²) in [6.45, 7) is 5.74. The van der Waals surface area contributed by atoms with E-state index >= 15 is 0 Å². The third-order valence-corrected chi connectivity index (χ3v) is 3.38. The lowest BCUT2D eigenvalue weighted by Gasteiger charge is -2.41. The fraction of sp³-hybridized carbons (Fsp3) is 0.429. The largest absolute Gasteiger partial charge is 0.309 e. The van der Waals surface area contributed by atoms with E-state index in [2.05, 4.69) is 0 Å². The number of rotatable bonds is 1. The second-order valence-electron chi connectivity index (χ2n) is 4.57. The molecule has 1 heterocycles. The number of anilines is 2. The van der Waals surface area contributed by atoms with E-state index in [9.17, 15) is 9.59 Å². The zero-order valence-corrected chi connectivity index (χ0v) is 11.0. The second kappa shape index (κ2) is 4.80. The number of hydrogen-bond donors (Lipinski definition) is 0. The van der Waals surface area contributed by atoms with Crippen molar-refractivity contribution in [1.29, 1.82) is 0 Å². The molecule has 18 heavy (non-hydrogen) atoms. The summed E-state index contributed by atoms with van der Waals surface area (Å²) >= 11 is 0. The normalized spacial score (nSPS) is 18.5. The molecule has 0 N–H and O–H groups in total. The number of fused-ring (bicyclic) bond motifs is 1. The van der Waals surface area contributed by atoms with Gasteiger partial charge in [-0.3, -0.25) is 9.59 Å². The molecule has 1 aromatic rings. The lowest BCUT2D eigenvalue weighted by Crippen LogP contribution is -2.52. The van der Waals surface area contributed by atoms with Gasteiger partial charge in [0.05, 0.1) is 17.4 Å². The molecule has 0 saturated carbocycles. The standard InChI is InChI=1S/C14H18N2O2/c1-4-12-9-15(10(2)17)13-7-5-6-8-14(13)16(12)11(3)18/h5-8,12H,4,9H2,1-3H3/t12-/m0/s1. The van der Waals surface area contributed by atoms with Gasteiger partial charge in [0.2, 0.25) is 11.8 Å². The Labute approximate surface area is 107 Å². The molecule has 0 spiro atoms. The van der Waals surface area contributed by atoms with Gasteiger partial charge in [0.1, 0.15) is 0 Å². The molecule has 0 saturated heterocycles. The van der Waals surface area contributed by atoms with Gasteiger partial charge in [0.25, 0.3) is 0 Å². The number of benzene rings is 1. The van der Waals surface area contributed by atoms with Crippen LogP contribution in [0.5, 0.6) is 0 Å². The van der Waals surface area contributed by atoms with E-state index < -0.39 is 0 Å². The molecule has 0 aliphatic carbocycles. The Kier molecular flexibility index (Phi) is 3.36. The summed E-state index contributed by atoms with van der Waals surface area (Å²) in [6, 6.07) is 7.62. The molecular formula is C14H18N2O2. The highest BCUT2D eigenvalue weighted by molar-refractivity contribution is 6.03. The minimum absolute atomic E-state index is 0.0177. The highest BCUT2D eigenvalue weighted by atomic mass is 16.2. The Morgan fingerprint density at radius 1 is 1.17 bits per heavy atom. The minimum Gasteiger partial charge on any atom is -0.309 e. The second-order valence-corrected chi connectivity index (χ2v) is 4.57. The Morgan fingerprint density at radius 3 is 2.28 bits per heavy atom. The van der Waals surface area contributed by atoms with Crippen LogP contribution in [0.4, 0.5) is 11.4 Å². The number of hydrogen-bond acceptors (Lipinski definition) is 2. The first kappa shape index (κ1) is 12.6. The van der Waals surface area contributed by atoms with Gasteiger partial charge >= 0.3 is 0 Å². The van der Waals surface area contributed by atoms with Gasteiger partial charge in [-0.15, -0.1) is 0 Å². The van der Waals surface area contributed by atoms with Crippen molar-refractivity contribution in [3.63, 3.8) is 0 Å². The number of carbonyl (C=O) groups excluding carboxylic acids is 2. The highest BCUT2D eigenvalue weighted by Gasteiger charge is 2.33. The fourth-order valence-corrected chi connectivity index (χ4v) is 2.52. The Hall–Kier alpha value is -1.84. The van der Waals surface area contributed by atoms with E-state index in [0.717, 1.165) is 17.8 Å². The molecule has 0 radical (unpaired) electrons. The van der Waals surface area contributed by atoms with Crippen molar-refractivity contribution in [2.75, 3.05) is 16.3 Å². The first-order chi connectivity index (χ1) is 8.56.